The molecule has 18 heavy (non-hydrogen) atoms. The summed E-state index contributed by atoms with van der Waals surface area (Å²) in [4.78, 5) is 7.92. The van der Waals surface area contributed by atoms with Crippen molar-refractivity contribution in [3.05, 3.63) is 18.1 Å². The minimum atomic E-state index is -4.21. The van der Waals surface area contributed by atoms with E-state index in [2.05, 4.69) is 15.3 Å². The van der Waals surface area contributed by atoms with Gasteiger partial charge >= 0.3 is 6.18 Å². The fourth-order valence-electron chi connectivity index (χ4n) is 1.21. The first-order valence-corrected chi connectivity index (χ1v) is 5.72. The second kappa shape index (κ2) is 7.15. The third-order valence-electron chi connectivity index (χ3n) is 2.03. The first-order valence-electron chi connectivity index (χ1n) is 5.72. The monoisotopic (exact) mass is 263 g/mol. The van der Waals surface area contributed by atoms with E-state index in [9.17, 15) is 13.2 Å². The van der Waals surface area contributed by atoms with Crippen LogP contribution in [0.15, 0.2) is 12.4 Å². The highest BCUT2D eigenvalue weighted by Gasteiger charge is 2.26. The Balaban J connectivity index is 2.39. The van der Waals surface area contributed by atoms with Crippen LogP contribution < -0.4 is 10.1 Å². The maximum atomic E-state index is 11.9. The standard InChI is InChI=1S/C11H16F3N3O/c1-2-4-15-6-9-7-16-8-10(17-9)18-5-3-11(12,13)14/h7-8,15H,2-6H2,1H3. The van der Waals surface area contributed by atoms with Crippen LogP contribution in [-0.4, -0.2) is 29.3 Å². The Hall–Kier alpha value is -1.37. The Morgan fingerprint density at radius 1 is 1.33 bits per heavy atom. The normalized spacial score (nSPS) is 11.6. The van der Waals surface area contributed by atoms with E-state index in [1.165, 1.54) is 6.20 Å². The maximum Gasteiger partial charge on any atom is 0.392 e. The summed E-state index contributed by atoms with van der Waals surface area (Å²) in [6.07, 6.45) is -1.35. The van der Waals surface area contributed by atoms with Gasteiger partial charge in [-0.3, -0.25) is 4.98 Å². The second-order valence-corrected chi connectivity index (χ2v) is 3.74. The molecule has 102 valence electrons. The molecule has 0 radical (unpaired) electrons. The molecule has 0 aliphatic carbocycles. The Kier molecular flexibility index (Phi) is 5.84. The van der Waals surface area contributed by atoms with Crippen molar-refractivity contribution < 1.29 is 17.9 Å². The zero-order chi connectivity index (χ0) is 13.4. The lowest BCUT2D eigenvalue weighted by atomic mass is 10.4. The van der Waals surface area contributed by atoms with Gasteiger partial charge in [0.1, 0.15) is 0 Å². The van der Waals surface area contributed by atoms with Gasteiger partial charge < -0.3 is 10.1 Å². The van der Waals surface area contributed by atoms with Gasteiger partial charge in [0.25, 0.3) is 0 Å². The summed E-state index contributed by atoms with van der Waals surface area (Å²) in [6.45, 7) is 2.97. The van der Waals surface area contributed by atoms with E-state index in [0.717, 1.165) is 13.0 Å². The third-order valence-corrected chi connectivity index (χ3v) is 2.03. The Bertz CT molecular complexity index is 358. The number of hydrogen-bond acceptors (Lipinski definition) is 4. The van der Waals surface area contributed by atoms with Gasteiger partial charge in [-0.2, -0.15) is 13.2 Å². The first kappa shape index (κ1) is 14.7. The van der Waals surface area contributed by atoms with Crippen LogP contribution in [0, 0.1) is 0 Å². The van der Waals surface area contributed by atoms with Gasteiger partial charge in [0, 0.05) is 12.7 Å². The van der Waals surface area contributed by atoms with Crippen molar-refractivity contribution >= 4 is 0 Å². The number of hydrogen-bond donors (Lipinski definition) is 1. The molecule has 0 atom stereocenters. The van der Waals surface area contributed by atoms with Crippen molar-refractivity contribution in [1.29, 1.82) is 0 Å². The van der Waals surface area contributed by atoms with Crippen LogP contribution in [0.25, 0.3) is 0 Å². The van der Waals surface area contributed by atoms with E-state index in [0.29, 0.717) is 12.2 Å². The summed E-state index contributed by atoms with van der Waals surface area (Å²) in [6, 6.07) is 0. The van der Waals surface area contributed by atoms with E-state index in [4.69, 9.17) is 4.74 Å². The molecule has 7 heteroatoms. The molecule has 1 aromatic heterocycles. The summed E-state index contributed by atoms with van der Waals surface area (Å²) in [5, 5.41) is 3.12. The van der Waals surface area contributed by atoms with Gasteiger partial charge in [0.15, 0.2) is 0 Å². The molecule has 1 N–H and O–H groups in total. The van der Waals surface area contributed by atoms with E-state index in [1.807, 2.05) is 6.92 Å². The molecular formula is C11H16F3N3O. The van der Waals surface area contributed by atoms with Crippen molar-refractivity contribution in [3.63, 3.8) is 0 Å². The Morgan fingerprint density at radius 3 is 2.78 bits per heavy atom. The molecular weight excluding hydrogens is 247 g/mol. The molecule has 0 aliphatic rings. The summed E-state index contributed by atoms with van der Waals surface area (Å²) in [5.41, 5.74) is 0.646. The number of halogens is 3. The molecule has 1 heterocycles. The van der Waals surface area contributed by atoms with Gasteiger partial charge in [-0.15, -0.1) is 0 Å². The molecule has 1 rings (SSSR count). The topological polar surface area (TPSA) is 47.0 Å². The molecule has 0 amide bonds. The molecule has 0 spiro atoms. The summed E-state index contributed by atoms with van der Waals surface area (Å²) < 4.78 is 40.7. The molecule has 0 unspecified atom stereocenters. The number of nitrogens with zero attached hydrogens (tertiary/aromatic N) is 2. The van der Waals surface area contributed by atoms with Crippen LogP contribution in [0.2, 0.25) is 0 Å². The summed E-state index contributed by atoms with van der Waals surface area (Å²) >= 11 is 0. The van der Waals surface area contributed by atoms with Crippen LogP contribution >= 0.6 is 0 Å². The van der Waals surface area contributed by atoms with E-state index in [1.54, 1.807) is 6.20 Å². The van der Waals surface area contributed by atoms with Crippen molar-refractivity contribution in [2.24, 2.45) is 0 Å². The van der Waals surface area contributed by atoms with Crippen LogP contribution in [0.4, 0.5) is 13.2 Å². The molecule has 0 saturated heterocycles. The van der Waals surface area contributed by atoms with Crippen molar-refractivity contribution in [3.8, 4) is 5.88 Å². The highest BCUT2D eigenvalue weighted by molar-refractivity contribution is 5.08. The maximum absolute atomic E-state index is 11.9. The number of rotatable bonds is 7. The smallest absolute Gasteiger partial charge is 0.392 e. The molecule has 0 aromatic carbocycles. The fraction of sp³-hybridized carbons (Fsp3) is 0.636. The molecule has 0 fully saturated rings. The SMILES string of the molecule is CCCNCc1cncc(OCCC(F)(F)F)n1. The van der Waals surface area contributed by atoms with Crippen molar-refractivity contribution in [2.75, 3.05) is 13.2 Å². The van der Waals surface area contributed by atoms with E-state index >= 15 is 0 Å². The molecule has 0 saturated carbocycles. The van der Waals surface area contributed by atoms with Crippen LogP contribution in [0.1, 0.15) is 25.5 Å². The van der Waals surface area contributed by atoms with E-state index < -0.39 is 19.2 Å². The predicted molar refractivity (Wildman–Crippen MR) is 60.2 cm³/mol. The number of alkyl halides is 3. The number of nitrogens with one attached hydrogen (secondary N) is 1. The molecule has 0 aliphatic heterocycles. The number of aromatic nitrogens is 2. The third kappa shape index (κ3) is 6.39. The average molecular weight is 263 g/mol. The van der Waals surface area contributed by atoms with Crippen LogP contribution in [-0.2, 0) is 6.54 Å². The number of ether oxygens (including phenoxy) is 1. The largest absolute Gasteiger partial charge is 0.476 e. The summed E-state index contributed by atoms with van der Waals surface area (Å²) in [7, 11) is 0. The zero-order valence-corrected chi connectivity index (χ0v) is 10.1. The predicted octanol–water partition coefficient (Wildman–Crippen LogP) is 2.31. The highest BCUT2D eigenvalue weighted by Crippen LogP contribution is 2.19. The minimum absolute atomic E-state index is 0.120. The Morgan fingerprint density at radius 2 is 2.11 bits per heavy atom. The zero-order valence-electron chi connectivity index (χ0n) is 10.1. The highest BCUT2D eigenvalue weighted by atomic mass is 19.4. The molecule has 0 bridgehead atoms. The quantitative estimate of drug-likeness (QED) is 0.767. The van der Waals surface area contributed by atoms with Gasteiger partial charge in [-0.05, 0) is 13.0 Å². The van der Waals surface area contributed by atoms with Crippen LogP contribution in [0.5, 0.6) is 5.88 Å². The summed E-state index contributed by atoms with van der Waals surface area (Å²) in [5.74, 6) is 0.120. The van der Waals surface area contributed by atoms with Crippen molar-refractivity contribution in [1.82, 2.24) is 15.3 Å². The van der Waals surface area contributed by atoms with Crippen LogP contribution in [0.3, 0.4) is 0 Å². The fourth-order valence-corrected chi connectivity index (χ4v) is 1.21. The first-order chi connectivity index (χ1) is 8.51. The Labute approximate surface area is 104 Å². The van der Waals surface area contributed by atoms with Gasteiger partial charge in [-0.1, -0.05) is 6.92 Å². The van der Waals surface area contributed by atoms with E-state index in [-0.39, 0.29) is 5.88 Å². The van der Waals surface area contributed by atoms with Crippen molar-refractivity contribution in [2.45, 2.75) is 32.5 Å². The average Bonchev–Trinajstić information content (AvgIpc) is 2.28. The second-order valence-electron chi connectivity index (χ2n) is 3.74. The lowest BCUT2D eigenvalue weighted by Crippen LogP contribution is -2.16. The van der Waals surface area contributed by atoms with Gasteiger partial charge in [0.05, 0.1) is 24.9 Å². The van der Waals surface area contributed by atoms with Gasteiger partial charge in [0.2, 0.25) is 5.88 Å². The lowest BCUT2D eigenvalue weighted by molar-refractivity contribution is -0.139. The lowest BCUT2D eigenvalue weighted by Gasteiger charge is -2.08. The molecule has 4 nitrogen and oxygen atoms in total. The van der Waals surface area contributed by atoms with Gasteiger partial charge in [-0.25, -0.2) is 4.98 Å². The minimum Gasteiger partial charge on any atom is -0.476 e. The molecule has 1 aromatic rings.